The molecule has 4 rings (SSSR count). The van der Waals surface area contributed by atoms with Gasteiger partial charge in [0.15, 0.2) is 0 Å². The molecule has 1 amide bonds. The van der Waals surface area contributed by atoms with Crippen LogP contribution in [-0.4, -0.2) is 29.7 Å². The summed E-state index contributed by atoms with van der Waals surface area (Å²) in [6.45, 7) is 7.87. The number of amides is 1. The third-order valence-electron chi connectivity index (χ3n) is 6.14. The van der Waals surface area contributed by atoms with E-state index in [0.29, 0.717) is 6.61 Å². The summed E-state index contributed by atoms with van der Waals surface area (Å²) in [5, 5.41) is 0. The number of benzene rings is 2. The van der Waals surface area contributed by atoms with E-state index in [1.807, 2.05) is 43.9 Å². The van der Waals surface area contributed by atoms with Crippen LogP contribution in [0.25, 0.3) is 0 Å². The van der Waals surface area contributed by atoms with Crippen molar-refractivity contribution < 1.29 is 14.3 Å². The first-order chi connectivity index (χ1) is 13.8. The van der Waals surface area contributed by atoms with E-state index in [9.17, 15) is 4.79 Å². The number of hydrogen-bond donors (Lipinski definition) is 0. The van der Waals surface area contributed by atoms with Crippen LogP contribution in [0.3, 0.4) is 0 Å². The Morgan fingerprint density at radius 2 is 1.76 bits per heavy atom. The van der Waals surface area contributed by atoms with Crippen molar-refractivity contribution in [1.82, 2.24) is 4.90 Å². The summed E-state index contributed by atoms with van der Waals surface area (Å²) in [7, 11) is 0. The molecule has 0 atom stereocenters. The Kier molecular flexibility index (Phi) is 5.28. The topological polar surface area (TPSA) is 38.8 Å². The maximum absolute atomic E-state index is 12.4. The van der Waals surface area contributed by atoms with Gasteiger partial charge in [0.2, 0.25) is 0 Å². The van der Waals surface area contributed by atoms with Gasteiger partial charge in [0.1, 0.15) is 18.0 Å². The Labute approximate surface area is 173 Å². The lowest BCUT2D eigenvalue weighted by molar-refractivity contribution is 0.0164. The summed E-state index contributed by atoms with van der Waals surface area (Å²) < 4.78 is 11.6. The molecular formula is C25H31NO3. The molecular weight excluding hydrogens is 362 g/mol. The van der Waals surface area contributed by atoms with Crippen molar-refractivity contribution in [2.45, 2.75) is 64.1 Å². The maximum atomic E-state index is 12.4. The van der Waals surface area contributed by atoms with Crippen molar-refractivity contribution in [3.05, 3.63) is 65.2 Å². The monoisotopic (exact) mass is 393 g/mol. The molecule has 0 aromatic heterocycles. The average molecular weight is 394 g/mol. The highest BCUT2D eigenvalue weighted by Crippen LogP contribution is 2.47. The molecule has 29 heavy (non-hydrogen) atoms. The number of hydrogen-bond acceptors (Lipinski definition) is 3. The van der Waals surface area contributed by atoms with Crippen LogP contribution in [0.2, 0.25) is 0 Å². The first-order valence-corrected chi connectivity index (χ1v) is 10.6. The highest BCUT2D eigenvalue weighted by molar-refractivity contribution is 5.68. The Hall–Kier alpha value is -2.49. The molecule has 1 spiro atoms. The van der Waals surface area contributed by atoms with Crippen LogP contribution in [0, 0.1) is 0 Å². The molecule has 1 saturated heterocycles. The van der Waals surface area contributed by atoms with Crippen LogP contribution in [0.5, 0.6) is 5.75 Å². The van der Waals surface area contributed by atoms with Gasteiger partial charge < -0.3 is 14.4 Å². The summed E-state index contributed by atoms with van der Waals surface area (Å²) >= 11 is 0. The molecule has 154 valence electrons. The quantitative estimate of drug-likeness (QED) is 0.693. The number of carbonyl (C=O) groups is 1. The minimum atomic E-state index is -0.442. The van der Waals surface area contributed by atoms with Crippen molar-refractivity contribution in [2.24, 2.45) is 0 Å². The summed E-state index contributed by atoms with van der Waals surface area (Å²) in [6.07, 6.45) is 4.07. The van der Waals surface area contributed by atoms with Crippen LogP contribution in [0.15, 0.2) is 48.5 Å². The fourth-order valence-corrected chi connectivity index (χ4v) is 4.60. The summed E-state index contributed by atoms with van der Waals surface area (Å²) in [5.41, 5.74) is 3.79. The summed E-state index contributed by atoms with van der Waals surface area (Å²) in [4.78, 5) is 14.3. The summed E-state index contributed by atoms with van der Waals surface area (Å²) in [5.74, 6) is 0.941. The molecule has 2 aliphatic rings. The summed E-state index contributed by atoms with van der Waals surface area (Å²) in [6, 6.07) is 16.8. The molecule has 0 saturated carbocycles. The predicted molar refractivity (Wildman–Crippen MR) is 114 cm³/mol. The van der Waals surface area contributed by atoms with Gasteiger partial charge in [-0.3, -0.25) is 0 Å². The van der Waals surface area contributed by atoms with Crippen LogP contribution >= 0.6 is 0 Å². The van der Waals surface area contributed by atoms with Gasteiger partial charge in [-0.25, -0.2) is 4.79 Å². The molecule has 2 aromatic rings. The number of likely N-dealkylation sites (tertiary alicyclic amines) is 1. The molecule has 0 bridgehead atoms. The molecule has 0 unspecified atom stereocenters. The first kappa shape index (κ1) is 19.8. The number of carbonyl (C=O) groups excluding carboxylic acids is 1. The molecule has 4 nitrogen and oxygen atoms in total. The van der Waals surface area contributed by atoms with Crippen LogP contribution in [-0.2, 0) is 23.2 Å². The minimum absolute atomic E-state index is 0.185. The first-order valence-electron chi connectivity index (χ1n) is 10.6. The zero-order valence-electron chi connectivity index (χ0n) is 17.7. The van der Waals surface area contributed by atoms with Crippen molar-refractivity contribution in [3.8, 4) is 5.75 Å². The standard InChI is InChI=1S/C25H31NO3/c1-24(2,3)29-23(27)26-15-13-25(14-16-26)12-11-20-17-21(9-10-22(20)25)28-18-19-7-5-4-6-8-19/h4-10,17H,11-16,18H2,1-3H3. The third kappa shape index (κ3) is 4.42. The highest BCUT2D eigenvalue weighted by atomic mass is 16.6. The van der Waals surface area contributed by atoms with E-state index in [-0.39, 0.29) is 11.5 Å². The third-order valence-corrected chi connectivity index (χ3v) is 6.14. The number of ether oxygens (including phenoxy) is 2. The van der Waals surface area contributed by atoms with E-state index in [1.165, 1.54) is 16.7 Å². The molecule has 1 heterocycles. The lowest BCUT2D eigenvalue weighted by Crippen LogP contribution is -2.46. The Balaban J connectivity index is 1.40. The maximum Gasteiger partial charge on any atom is 0.410 e. The second-order valence-corrected chi connectivity index (χ2v) is 9.34. The Morgan fingerprint density at radius 3 is 2.45 bits per heavy atom. The van der Waals surface area contributed by atoms with Crippen molar-refractivity contribution in [1.29, 1.82) is 0 Å². The van der Waals surface area contributed by atoms with E-state index in [2.05, 4.69) is 30.3 Å². The van der Waals surface area contributed by atoms with Gasteiger partial charge >= 0.3 is 6.09 Å². The fraction of sp³-hybridized carbons (Fsp3) is 0.480. The van der Waals surface area contributed by atoms with Gasteiger partial charge in [0, 0.05) is 13.1 Å². The number of piperidine rings is 1. The van der Waals surface area contributed by atoms with E-state index < -0.39 is 5.60 Å². The van der Waals surface area contributed by atoms with Gasteiger partial charge in [-0.2, -0.15) is 0 Å². The van der Waals surface area contributed by atoms with Gasteiger partial charge in [0.25, 0.3) is 0 Å². The second-order valence-electron chi connectivity index (χ2n) is 9.34. The van der Waals surface area contributed by atoms with Crippen LogP contribution < -0.4 is 4.74 Å². The molecule has 1 aliphatic carbocycles. The second kappa shape index (κ2) is 7.74. The van der Waals surface area contributed by atoms with Gasteiger partial charge in [0.05, 0.1) is 0 Å². The Bertz CT molecular complexity index is 861. The molecule has 1 fully saturated rings. The van der Waals surface area contributed by atoms with Gasteiger partial charge in [-0.15, -0.1) is 0 Å². The Morgan fingerprint density at radius 1 is 1.03 bits per heavy atom. The van der Waals surface area contributed by atoms with E-state index in [0.717, 1.165) is 44.5 Å². The molecule has 0 N–H and O–H groups in total. The van der Waals surface area contributed by atoms with Crippen molar-refractivity contribution in [2.75, 3.05) is 13.1 Å². The zero-order valence-corrected chi connectivity index (χ0v) is 17.7. The minimum Gasteiger partial charge on any atom is -0.489 e. The van der Waals surface area contributed by atoms with E-state index in [4.69, 9.17) is 9.47 Å². The normalized spacial score (nSPS) is 17.8. The smallest absolute Gasteiger partial charge is 0.410 e. The van der Waals surface area contributed by atoms with E-state index >= 15 is 0 Å². The number of aryl methyl sites for hydroxylation is 1. The average Bonchev–Trinajstić information content (AvgIpc) is 3.04. The largest absolute Gasteiger partial charge is 0.489 e. The number of rotatable bonds is 3. The molecule has 0 radical (unpaired) electrons. The van der Waals surface area contributed by atoms with Crippen LogP contribution in [0.1, 0.15) is 56.7 Å². The van der Waals surface area contributed by atoms with Crippen molar-refractivity contribution in [3.63, 3.8) is 0 Å². The number of nitrogens with zero attached hydrogens (tertiary/aromatic N) is 1. The lowest BCUT2D eigenvalue weighted by atomic mass is 9.74. The lowest BCUT2D eigenvalue weighted by Gasteiger charge is -2.40. The van der Waals surface area contributed by atoms with E-state index in [1.54, 1.807) is 0 Å². The van der Waals surface area contributed by atoms with Crippen molar-refractivity contribution >= 4 is 6.09 Å². The molecule has 4 heteroatoms. The SMILES string of the molecule is CC(C)(C)OC(=O)N1CCC2(CCc3cc(OCc4ccccc4)ccc32)CC1. The zero-order chi connectivity index (χ0) is 20.5. The number of fused-ring (bicyclic) bond motifs is 2. The fourth-order valence-electron chi connectivity index (χ4n) is 4.60. The predicted octanol–water partition coefficient (Wildman–Crippen LogP) is 5.48. The highest BCUT2D eigenvalue weighted by Gasteiger charge is 2.42. The van der Waals surface area contributed by atoms with Crippen LogP contribution in [0.4, 0.5) is 4.79 Å². The van der Waals surface area contributed by atoms with Gasteiger partial charge in [-0.1, -0.05) is 36.4 Å². The van der Waals surface area contributed by atoms with Gasteiger partial charge in [-0.05, 0) is 80.7 Å². The molecule has 2 aromatic carbocycles. The molecule has 1 aliphatic heterocycles.